The third-order valence-electron chi connectivity index (χ3n) is 4.37. The van der Waals surface area contributed by atoms with Gasteiger partial charge in [0.25, 0.3) is 0 Å². The van der Waals surface area contributed by atoms with Crippen molar-refractivity contribution in [1.82, 2.24) is 9.21 Å². The van der Waals surface area contributed by atoms with E-state index in [0.29, 0.717) is 24.8 Å². The van der Waals surface area contributed by atoms with Crippen LogP contribution in [0, 0.1) is 0 Å². The monoisotopic (exact) mass is 373 g/mol. The second-order valence-corrected chi connectivity index (χ2v) is 8.52. The lowest BCUT2D eigenvalue weighted by Crippen LogP contribution is -2.39. The van der Waals surface area contributed by atoms with Crippen LogP contribution in [0.1, 0.15) is 19.3 Å². The van der Waals surface area contributed by atoms with Crippen LogP contribution in [-0.2, 0) is 10.0 Å². The zero-order valence-corrected chi connectivity index (χ0v) is 14.2. The molecule has 2 N–H and O–H groups in total. The van der Waals surface area contributed by atoms with E-state index in [0.717, 1.165) is 30.4 Å². The van der Waals surface area contributed by atoms with Crippen LogP contribution in [0.3, 0.4) is 0 Å². The Morgan fingerprint density at radius 3 is 2.71 bits per heavy atom. The second-order valence-electron chi connectivity index (χ2n) is 5.73. The Morgan fingerprint density at radius 1 is 1.19 bits per heavy atom. The van der Waals surface area contributed by atoms with Gasteiger partial charge in [0, 0.05) is 29.3 Å². The van der Waals surface area contributed by atoms with Crippen molar-refractivity contribution in [3.05, 3.63) is 22.7 Å². The summed E-state index contributed by atoms with van der Waals surface area (Å²) >= 11 is 3.30. The molecule has 0 bridgehead atoms. The smallest absolute Gasteiger partial charge is 0.243 e. The summed E-state index contributed by atoms with van der Waals surface area (Å²) in [7, 11) is -3.46. The van der Waals surface area contributed by atoms with Crippen molar-refractivity contribution >= 4 is 31.6 Å². The topological polar surface area (TPSA) is 66.6 Å². The first kappa shape index (κ1) is 15.3. The number of rotatable bonds is 2. The van der Waals surface area contributed by atoms with Crippen molar-refractivity contribution in [3.8, 4) is 0 Å². The lowest BCUT2D eigenvalue weighted by Gasteiger charge is -2.25. The molecule has 2 aliphatic rings. The molecule has 2 aliphatic heterocycles. The van der Waals surface area contributed by atoms with Crippen LogP contribution >= 0.6 is 15.9 Å². The van der Waals surface area contributed by atoms with Crippen molar-refractivity contribution in [2.24, 2.45) is 0 Å². The average molecular weight is 374 g/mol. The summed E-state index contributed by atoms with van der Waals surface area (Å²) < 4.78 is 28.0. The summed E-state index contributed by atoms with van der Waals surface area (Å²) in [5, 5.41) is 0. The minimum absolute atomic E-state index is 0.287. The summed E-state index contributed by atoms with van der Waals surface area (Å²) in [5.74, 6) is 0. The summed E-state index contributed by atoms with van der Waals surface area (Å²) in [6.45, 7) is 3.28. The highest BCUT2D eigenvalue weighted by Gasteiger charge is 2.34. The van der Waals surface area contributed by atoms with Crippen molar-refractivity contribution in [1.29, 1.82) is 0 Å². The van der Waals surface area contributed by atoms with Gasteiger partial charge < -0.3 is 5.73 Å². The molecule has 1 aromatic carbocycles. The van der Waals surface area contributed by atoms with E-state index in [1.165, 1.54) is 12.5 Å². The molecule has 0 aromatic heterocycles. The van der Waals surface area contributed by atoms with Gasteiger partial charge in [-0.15, -0.1) is 0 Å². The van der Waals surface area contributed by atoms with Crippen molar-refractivity contribution in [2.75, 3.05) is 31.9 Å². The Balaban J connectivity index is 1.88. The summed E-state index contributed by atoms with van der Waals surface area (Å²) in [6, 6.07) is 5.22. The molecular formula is C14H20BrN3O2S. The zero-order valence-electron chi connectivity index (χ0n) is 11.8. The van der Waals surface area contributed by atoms with Crippen LogP contribution < -0.4 is 5.73 Å². The Hall–Kier alpha value is -0.630. The van der Waals surface area contributed by atoms with E-state index in [1.807, 2.05) is 0 Å². The van der Waals surface area contributed by atoms with Gasteiger partial charge in [-0.25, -0.2) is 8.42 Å². The molecule has 0 amide bonds. The largest absolute Gasteiger partial charge is 0.398 e. The molecule has 2 saturated heterocycles. The maximum atomic E-state index is 12.8. The molecule has 0 aliphatic carbocycles. The van der Waals surface area contributed by atoms with Gasteiger partial charge in [-0.05, 0) is 66.5 Å². The Labute approximate surface area is 134 Å². The van der Waals surface area contributed by atoms with Gasteiger partial charge in [0.15, 0.2) is 0 Å². The minimum Gasteiger partial charge on any atom is -0.398 e. The predicted octanol–water partition coefficient (Wildman–Crippen LogP) is 1.89. The number of nitrogen functional groups attached to an aromatic ring is 1. The highest BCUT2D eigenvalue weighted by molar-refractivity contribution is 9.10. The number of benzene rings is 1. The fraction of sp³-hybridized carbons (Fsp3) is 0.571. The molecule has 116 valence electrons. The fourth-order valence-corrected chi connectivity index (χ4v) is 5.02. The summed E-state index contributed by atoms with van der Waals surface area (Å²) in [4.78, 5) is 2.71. The van der Waals surface area contributed by atoms with E-state index >= 15 is 0 Å². The van der Waals surface area contributed by atoms with Crippen LogP contribution in [0.5, 0.6) is 0 Å². The third kappa shape index (κ3) is 2.97. The van der Waals surface area contributed by atoms with Gasteiger partial charge in [0.1, 0.15) is 0 Å². The molecule has 3 rings (SSSR count). The third-order valence-corrected chi connectivity index (χ3v) is 6.95. The molecule has 0 spiro atoms. The Kier molecular flexibility index (Phi) is 4.27. The Morgan fingerprint density at radius 2 is 1.95 bits per heavy atom. The van der Waals surface area contributed by atoms with Crippen molar-refractivity contribution < 1.29 is 8.42 Å². The predicted molar refractivity (Wildman–Crippen MR) is 86.5 cm³/mol. The number of halogens is 1. The second kappa shape index (κ2) is 5.87. The number of nitrogens with zero attached hydrogens (tertiary/aromatic N) is 2. The first-order chi connectivity index (χ1) is 9.98. The molecule has 1 aromatic rings. The summed E-state index contributed by atoms with van der Waals surface area (Å²) in [5.41, 5.74) is 6.28. The van der Waals surface area contributed by atoms with Gasteiger partial charge in [-0.2, -0.15) is 4.31 Å². The van der Waals surface area contributed by atoms with E-state index in [1.54, 1.807) is 16.4 Å². The number of fused-ring (bicyclic) bond motifs is 1. The molecular weight excluding hydrogens is 354 g/mol. The Bertz CT molecular complexity index is 635. The zero-order chi connectivity index (χ0) is 15.0. The normalized spacial score (nSPS) is 24.7. The van der Waals surface area contributed by atoms with Gasteiger partial charge in [-0.1, -0.05) is 0 Å². The van der Waals surface area contributed by atoms with Crippen LogP contribution in [0.15, 0.2) is 27.6 Å². The van der Waals surface area contributed by atoms with E-state index in [4.69, 9.17) is 5.73 Å². The highest BCUT2D eigenvalue weighted by atomic mass is 79.9. The van der Waals surface area contributed by atoms with Crippen LogP contribution in [-0.4, -0.2) is 49.8 Å². The molecule has 1 unspecified atom stereocenters. The standard InChI is InChI=1S/C14H20BrN3O2S/c15-13-5-4-12(9-14(13)16)21(19,20)18-8-2-7-17-6-1-3-11(17)10-18/h4-5,9,11H,1-3,6-8,10,16H2. The van der Waals surface area contributed by atoms with E-state index in [9.17, 15) is 8.42 Å². The molecule has 2 heterocycles. The van der Waals surface area contributed by atoms with Gasteiger partial charge >= 0.3 is 0 Å². The number of anilines is 1. The first-order valence-electron chi connectivity index (χ1n) is 7.28. The van der Waals surface area contributed by atoms with E-state index < -0.39 is 10.0 Å². The van der Waals surface area contributed by atoms with Gasteiger partial charge in [0.2, 0.25) is 10.0 Å². The molecule has 2 fully saturated rings. The average Bonchev–Trinajstić information content (AvgIpc) is 2.78. The SMILES string of the molecule is Nc1cc(S(=O)(=O)N2CCCN3CCCC3C2)ccc1Br. The van der Waals surface area contributed by atoms with E-state index in [2.05, 4.69) is 20.8 Å². The van der Waals surface area contributed by atoms with Crippen LogP contribution in [0.25, 0.3) is 0 Å². The van der Waals surface area contributed by atoms with Gasteiger partial charge in [-0.3, -0.25) is 4.90 Å². The molecule has 21 heavy (non-hydrogen) atoms. The fourth-order valence-electron chi connectivity index (χ4n) is 3.22. The van der Waals surface area contributed by atoms with Crippen molar-refractivity contribution in [3.63, 3.8) is 0 Å². The maximum absolute atomic E-state index is 12.8. The van der Waals surface area contributed by atoms with Crippen LogP contribution in [0.2, 0.25) is 0 Å². The number of hydrogen-bond acceptors (Lipinski definition) is 4. The maximum Gasteiger partial charge on any atom is 0.243 e. The lowest BCUT2D eigenvalue weighted by atomic mass is 10.2. The first-order valence-corrected chi connectivity index (χ1v) is 9.51. The summed E-state index contributed by atoms with van der Waals surface area (Å²) in [6.07, 6.45) is 3.15. The molecule has 0 saturated carbocycles. The molecule has 1 atom stereocenters. The molecule has 5 nitrogen and oxygen atoms in total. The van der Waals surface area contributed by atoms with Crippen molar-refractivity contribution in [2.45, 2.75) is 30.2 Å². The molecule has 0 radical (unpaired) electrons. The number of nitrogens with two attached hydrogens (primary N) is 1. The quantitative estimate of drug-likeness (QED) is 0.803. The number of hydrogen-bond donors (Lipinski definition) is 1. The highest BCUT2D eigenvalue weighted by Crippen LogP contribution is 2.28. The minimum atomic E-state index is -3.46. The lowest BCUT2D eigenvalue weighted by molar-refractivity contribution is 0.257. The number of sulfonamides is 1. The van der Waals surface area contributed by atoms with Crippen LogP contribution in [0.4, 0.5) is 5.69 Å². The van der Waals surface area contributed by atoms with E-state index in [-0.39, 0.29) is 4.90 Å². The molecule has 7 heteroatoms. The van der Waals surface area contributed by atoms with Gasteiger partial charge in [0.05, 0.1) is 4.90 Å².